The third kappa shape index (κ3) is 1.89. The van der Waals surface area contributed by atoms with Crippen molar-refractivity contribution in [2.75, 3.05) is 26.7 Å². The molecule has 1 atom stereocenters. The molecule has 0 aromatic rings. The molecule has 1 aliphatic rings. The van der Waals surface area contributed by atoms with Gasteiger partial charge in [-0.3, -0.25) is 9.59 Å². The van der Waals surface area contributed by atoms with Crippen molar-refractivity contribution in [1.29, 1.82) is 0 Å². The lowest BCUT2D eigenvalue weighted by atomic mass is 10.1. The van der Waals surface area contributed by atoms with Crippen molar-refractivity contribution in [2.45, 2.75) is 20.3 Å². The third-order valence-electron chi connectivity index (χ3n) is 2.80. The predicted molar refractivity (Wildman–Crippen MR) is 53.7 cm³/mol. The second-order valence-corrected chi connectivity index (χ2v) is 3.61. The van der Waals surface area contributed by atoms with Crippen molar-refractivity contribution in [3.8, 4) is 0 Å². The van der Waals surface area contributed by atoms with Crippen molar-refractivity contribution >= 4 is 11.8 Å². The van der Waals surface area contributed by atoms with Crippen LogP contribution in [0.1, 0.15) is 20.3 Å². The molecule has 14 heavy (non-hydrogen) atoms. The van der Waals surface area contributed by atoms with E-state index in [1.807, 2.05) is 13.8 Å². The Morgan fingerprint density at radius 3 is 2.43 bits per heavy atom. The molecule has 1 rings (SSSR count). The number of nitrogens with zero attached hydrogens (tertiary/aromatic N) is 2. The number of carbonyl (C=O) groups is 2. The van der Waals surface area contributed by atoms with Gasteiger partial charge in [-0.2, -0.15) is 0 Å². The normalized spacial score (nSPS) is 21.5. The smallest absolute Gasteiger partial charge is 0.235 e. The number of carbonyl (C=O) groups excluding carboxylic acids is 2. The molecule has 1 fully saturated rings. The summed E-state index contributed by atoms with van der Waals surface area (Å²) in [7, 11) is 1.75. The maximum atomic E-state index is 11.8. The fraction of sp³-hybridized carbons (Fsp3) is 0.800. The molecule has 0 aromatic carbocycles. The van der Waals surface area contributed by atoms with Gasteiger partial charge in [0, 0.05) is 26.7 Å². The average molecular weight is 198 g/mol. The zero-order valence-electron chi connectivity index (χ0n) is 9.12. The Labute approximate surface area is 84.9 Å². The van der Waals surface area contributed by atoms with Crippen LogP contribution in [-0.2, 0) is 9.59 Å². The molecular weight excluding hydrogens is 180 g/mol. The Morgan fingerprint density at radius 2 is 2.07 bits per heavy atom. The molecule has 0 aromatic heterocycles. The summed E-state index contributed by atoms with van der Waals surface area (Å²) in [6.45, 7) is 5.94. The fourth-order valence-corrected chi connectivity index (χ4v) is 1.81. The molecule has 0 bridgehead atoms. The van der Waals surface area contributed by atoms with Crippen LogP contribution >= 0.6 is 0 Å². The van der Waals surface area contributed by atoms with Gasteiger partial charge in [0.15, 0.2) is 0 Å². The molecule has 1 saturated heterocycles. The standard InChI is InChI=1S/C10H18N2O2/c1-4-12(5-2)10(14)8-6-7-11(3)9(8)13/h8H,4-7H2,1-3H3. The lowest BCUT2D eigenvalue weighted by Crippen LogP contribution is -2.39. The van der Waals surface area contributed by atoms with Crippen LogP contribution in [0.2, 0.25) is 0 Å². The fourth-order valence-electron chi connectivity index (χ4n) is 1.81. The lowest BCUT2D eigenvalue weighted by Gasteiger charge is -2.21. The van der Waals surface area contributed by atoms with E-state index >= 15 is 0 Å². The van der Waals surface area contributed by atoms with Crippen LogP contribution in [0.5, 0.6) is 0 Å². The molecule has 80 valence electrons. The molecule has 4 nitrogen and oxygen atoms in total. The Balaban J connectivity index is 2.65. The minimum atomic E-state index is -0.417. The van der Waals surface area contributed by atoms with Gasteiger partial charge in [-0.15, -0.1) is 0 Å². The zero-order valence-corrected chi connectivity index (χ0v) is 9.12. The van der Waals surface area contributed by atoms with Gasteiger partial charge in [0.25, 0.3) is 0 Å². The summed E-state index contributed by atoms with van der Waals surface area (Å²) >= 11 is 0. The molecule has 1 aliphatic heterocycles. The van der Waals surface area contributed by atoms with Gasteiger partial charge in [-0.1, -0.05) is 0 Å². The molecular formula is C10H18N2O2. The second kappa shape index (κ2) is 4.44. The van der Waals surface area contributed by atoms with Crippen molar-refractivity contribution in [3.05, 3.63) is 0 Å². The van der Waals surface area contributed by atoms with Crippen molar-refractivity contribution in [1.82, 2.24) is 9.80 Å². The average Bonchev–Trinajstić information content (AvgIpc) is 2.49. The van der Waals surface area contributed by atoms with Gasteiger partial charge < -0.3 is 9.80 Å². The summed E-state index contributed by atoms with van der Waals surface area (Å²) in [5, 5.41) is 0. The van der Waals surface area contributed by atoms with E-state index in [0.717, 1.165) is 0 Å². The highest BCUT2D eigenvalue weighted by molar-refractivity contribution is 6.01. The molecule has 0 radical (unpaired) electrons. The number of rotatable bonds is 3. The highest BCUT2D eigenvalue weighted by Gasteiger charge is 2.36. The molecule has 0 N–H and O–H groups in total. The topological polar surface area (TPSA) is 40.6 Å². The SMILES string of the molecule is CCN(CC)C(=O)C1CCN(C)C1=O. The minimum Gasteiger partial charge on any atom is -0.345 e. The van der Waals surface area contributed by atoms with E-state index in [2.05, 4.69) is 0 Å². The van der Waals surface area contributed by atoms with E-state index in [-0.39, 0.29) is 11.8 Å². The molecule has 1 heterocycles. The van der Waals surface area contributed by atoms with E-state index < -0.39 is 5.92 Å². The summed E-state index contributed by atoms with van der Waals surface area (Å²) in [4.78, 5) is 26.8. The van der Waals surface area contributed by atoms with E-state index in [4.69, 9.17) is 0 Å². The highest BCUT2D eigenvalue weighted by atomic mass is 16.2. The Bertz CT molecular complexity index is 236. The Kier molecular flexibility index (Phi) is 3.49. The first-order valence-corrected chi connectivity index (χ1v) is 5.15. The van der Waals surface area contributed by atoms with Gasteiger partial charge in [0.05, 0.1) is 0 Å². The van der Waals surface area contributed by atoms with Crippen LogP contribution in [-0.4, -0.2) is 48.3 Å². The molecule has 0 aliphatic carbocycles. The van der Waals surface area contributed by atoms with Crippen molar-refractivity contribution < 1.29 is 9.59 Å². The van der Waals surface area contributed by atoms with Crippen molar-refractivity contribution in [3.63, 3.8) is 0 Å². The van der Waals surface area contributed by atoms with Gasteiger partial charge >= 0.3 is 0 Å². The van der Waals surface area contributed by atoms with Gasteiger partial charge in [0.2, 0.25) is 11.8 Å². The summed E-state index contributed by atoms with van der Waals surface area (Å²) in [6, 6.07) is 0. The Morgan fingerprint density at radius 1 is 1.50 bits per heavy atom. The van der Waals surface area contributed by atoms with E-state index in [9.17, 15) is 9.59 Å². The second-order valence-electron chi connectivity index (χ2n) is 3.61. The summed E-state index contributed by atoms with van der Waals surface area (Å²) in [5.74, 6) is -0.453. The lowest BCUT2D eigenvalue weighted by molar-refractivity contribution is -0.142. The molecule has 0 spiro atoms. The third-order valence-corrected chi connectivity index (χ3v) is 2.80. The summed E-state index contributed by atoms with van der Waals surface area (Å²) in [6.07, 6.45) is 0.671. The first-order valence-electron chi connectivity index (χ1n) is 5.15. The van der Waals surface area contributed by atoms with E-state index in [1.54, 1.807) is 16.8 Å². The zero-order chi connectivity index (χ0) is 10.7. The van der Waals surface area contributed by atoms with Crippen LogP contribution < -0.4 is 0 Å². The van der Waals surface area contributed by atoms with Crippen LogP contribution in [0.15, 0.2) is 0 Å². The number of hydrogen-bond donors (Lipinski definition) is 0. The predicted octanol–water partition coefficient (Wildman–Crippen LogP) is 0.333. The Hall–Kier alpha value is -1.06. The maximum Gasteiger partial charge on any atom is 0.235 e. The van der Waals surface area contributed by atoms with Crippen LogP contribution in [0.3, 0.4) is 0 Å². The molecule has 4 heteroatoms. The molecule has 1 unspecified atom stereocenters. The van der Waals surface area contributed by atoms with Gasteiger partial charge in [-0.05, 0) is 20.3 Å². The van der Waals surface area contributed by atoms with Gasteiger partial charge in [-0.25, -0.2) is 0 Å². The monoisotopic (exact) mass is 198 g/mol. The van der Waals surface area contributed by atoms with Crippen molar-refractivity contribution in [2.24, 2.45) is 5.92 Å². The summed E-state index contributed by atoms with van der Waals surface area (Å²) < 4.78 is 0. The number of likely N-dealkylation sites (tertiary alicyclic amines) is 1. The van der Waals surface area contributed by atoms with Crippen LogP contribution in [0, 0.1) is 5.92 Å². The first kappa shape index (κ1) is 11.0. The van der Waals surface area contributed by atoms with Crippen LogP contribution in [0.4, 0.5) is 0 Å². The highest BCUT2D eigenvalue weighted by Crippen LogP contribution is 2.18. The largest absolute Gasteiger partial charge is 0.345 e. The van der Waals surface area contributed by atoms with E-state index in [0.29, 0.717) is 26.1 Å². The van der Waals surface area contributed by atoms with Gasteiger partial charge in [0.1, 0.15) is 5.92 Å². The number of amides is 2. The van der Waals surface area contributed by atoms with Crippen LogP contribution in [0.25, 0.3) is 0 Å². The van der Waals surface area contributed by atoms with E-state index in [1.165, 1.54) is 0 Å². The number of hydrogen-bond acceptors (Lipinski definition) is 2. The quantitative estimate of drug-likeness (QED) is 0.613. The first-order chi connectivity index (χ1) is 6.61. The molecule has 2 amide bonds. The minimum absolute atomic E-state index is 0.00986. The molecule has 0 saturated carbocycles. The summed E-state index contributed by atoms with van der Waals surface area (Å²) in [5.41, 5.74) is 0. The maximum absolute atomic E-state index is 11.8.